The van der Waals surface area contributed by atoms with E-state index in [1.54, 1.807) is 36.4 Å². The van der Waals surface area contributed by atoms with Gasteiger partial charge in [0.15, 0.2) is 5.76 Å². The summed E-state index contributed by atoms with van der Waals surface area (Å²) in [6.07, 6.45) is 1.85. The molecular weight excluding hydrogens is 386 g/mol. The molecule has 0 saturated heterocycles. The number of carbonyl (C=O) groups is 2. The van der Waals surface area contributed by atoms with Crippen LogP contribution in [-0.4, -0.2) is 40.6 Å². The summed E-state index contributed by atoms with van der Waals surface area (Å²) >= 11 is 5.89. The number of furan rings is 1. The van der Waals surface area contributed by atoms with Crippen molar-refractivity contribution in [2.24, 2.45) is 0 Å². The zero-order chi connectivity index (χ0) is 19.9. The number of halogens is 1. The number of benzene rings is 1. The molecule has 0 bridgehead atoms. The van der Waals surface area contributed by atoms with Gasteiger partial charge < -0.3 is 18.6 Å². The first-order valence-electron chi connectivity index (χ1n) is 8.50. The van der Waals surface area contributed by atoms with Gasteiger partial charge in [-0.2, -0.15) is 4.98 Å². The van der Waals surface area contributed by atoms with Crippen LogP contribution in [0.25, 0.3) is 11.6 Å². The molecule has 0 radical (unpaired) electrons. The predicted molar refractivity (Wildman–Crippen MR) is 99.2 cm³/mol. The molecule has 1 aromatic carbocycles. The van der Waals surface area contributed by atoms with Crippen LogP contribution in [-0.2, 0) is 27.3 Å². The van der Waals surface area contributed by atoms with Gasteiger partial charge in [0.1, 0.15) is 6.54 Å². The molecule has 0 unspecified atom stereocenters. The van der Waals surface area contributed by atoms with Crippen molar-refractivity contribution in [2.45, 2.75) is 19.4 Å². The molecular formula is C19H18ClN3O5. The Morgan fingerprint density at radius 3 is 2.68 bits per heavy atom. The summed E-state index contributed by atoms with van der Waals surface area (Å²) in [5, 5.41) is 4.42. The van der Waals surface area contributed by atoms with Crippen molar-refractivity contribution in [1.29, 1.82) is 0 Å². The second kappa shape index (κ2) is 9.18. The van der Waals surface area contributed by atoms with E-state index >= 15 is 0 Å². The van der Waals surface area contributed by atoms with Gasteiger partial charge in [-0.05, 0) is 29.8 Å². The molecule has 0 atom stereocenters. The van der Waals surface area contributed by atoms with Crippen molar-refractivity contribution < 1.29 is 23.3 Å². The third-order valence-corrected chi connectivity index (χ3v) is 4.20. The van der Waals surface area contributed by atoms with Crippen molar-refractivity contribution in [3.63, 3.8) is 0 Å². The van der Waals surface area contributed by atoms with Crippen LogP contribution in [0.3, 0.4) is 0 Å². The molecule has 3 aromatic rings. The van der Waals surface area contributed by atoms with Gasteiger partial charge in [-0.1, -0.05) is 28.9 Å². The molecule has 0 N–H and O–H groups in total. The fourth-order valence-electron chi connectivity index (χ4n) is 2.50. The standard InChI is InChI=1S/C19H18ClN3O5/c1-26-18(25)12-23(11-13-4-6-14(20)7-5-13)17(24)9-8-16-21-19(22-28-16)15-3-2-10-27-15/h2-7,10H,8-9,11-12H2,1H3. The van der Waals surface area contributed by atoms with Gasteiger partial charge >= 0.3 is 5.97 Å². The highest BCUT2D eigenvalue weighted by molar-refractivity contribution is 6.30. The van der Waals surface area contributed by atoms with Crippen LogP contribution in [0.5, 0.6) is 0 Å². The molecule has 2 heterocycles. The fourth-order valence-corrected chi connectivity index (χ4v) is 2.62. The Balaban J connectivity index is 1.63. The van der Waals surface area contributed by atoms with Crippen LogP contribution in [0, 0.1) is 0 Å². The number of methoxy groups -OCH3 is 1. The monoisotopic (exact) mass is 403 g/mol. The number of ether oxygens (including phenoxy) is 1. The van der Waals surface area contributed by atoms with Crippen LogP contribution in [0.1, 0.15) is 17.9 Å². The van der Waals surface area contributed by atoms with E-state index in [-0.39, 0.29) is 31.8 Å². The Labute approximate surface area is 166 Å². The SMILES string of the molecule is COC(=O)CN(Cc1ccc(Cl)cc1)C(=O)CCc1nc(-c2ccco2)no1. The van der Waals surface area contributed by atoms with Gasteiger partial charge in [-0.25, -0.2) is 0 Å². The first-order chi connectivity index (χ1) is 13.5. The van der Waals surface area contributed by atoms with Crippen molar-refractivity contribution in [3.8, 4) is 11.6 Å². The first-order valence-corrected chi connectivity index (χ1v) is 8.88. The number of aromatic nitrogens is 2. The topological polar surface area (TPSA) is 98.7 Å². The molecule has 9 heteroatoms. The Bertz CT molecular complexity index is 921. The predicted octanol–water partition coefficient (Wildman–Crippen LogP) is 3.12. The molecule has 146 valence electrons. The first kappa shape index (κ1) is 19.6. The average Bonchev–Trinajstić information content (AvgIpc) is 3.38. The molecule has 3 rings (SSSR count). The smallest absolute Gasteiger partial charge is 0.325 e. The zero-order valence-electron chi connectivity index (χ0n) is 15.1. The normalized spacial score (nSPS) is 10.6. The second-order valence-corrected chi connectivity index (χ2v) is 6.38. The highest BCUT2D eigenvalue weighted by atomic mass is 35.5. The molecule has 28 heavy (non-hydrogen) atoms. The number of amides is 1. The summed E-state index contributed by atoms with van der Waals surface area (Å²) in [6, 6.07) is 10.5. The number of esters is 1. The lowest BCUT2D eigenvalue weighted by molar-refractivity contribution is -0.147. The van der Waals surface area contributed by atoms with Crippen molar-refractivity contribution >= 4 is 23.5 Å². The molecule has 0 aliphatic heterocycles. The number of hydrogen-bond donors (Lipinski definition) is 0. The van der Waals surface area contributed by atoms with Crippen molar-refractivity contribution in [3.05, 3.63) is 59.1 Å². The van der Waals surface area contributed by atoms with E-state index < -0.39 is 5.97 Å². The number of aryl methyl sites for hydroxylation is 1. The number of carbonyl (C=O) groups excluding carboxylic acids is 2. The van der Waals surface area contributed by atoms with E-state index in [2.05, 4.69) is 14.9 Å². The Morgan fingerprint density at radius 2 is 2.00 bits per heavy atom. The third-order valence-electron chi connectivity index (χ3n) is 3.95. The van der Waals surface area contributed by atoms with E-state index in [1.807, 2.05) is 0 Å². The van der Waals surface area contributed by atoms with Gasteiger partial charge in [0.2, 0.25) is 17.6 Å². The molecule has 0 saturated carbocycles. The Morgan fingerprint density at radius 1 is 1.21 bits per heavy atom. The van der Waals surface area contributed by atoms with E-state index in [0.29, 0.717) is 22.5 Å². The lowest BCUT2D eigenvalue weighted by atomic mass is 10.2. The third kappa shape index (κ3) is 5.20. The van der Waals surface area contributed by atoms with Crippen molar-refractivity contribution in [1.82, 2.24) is 15.0 Å². The maximum atomic E-state index is 12.7. The van der Waals surface area contributed by atoms with Crippen LogP contribution >= 0.6 is 11.6 Å². The minimum Gasteiger partial charge on any atom is -0.468 e. The molecule has 0 aliphatic carbocycles. The second-order valence-electron chi connectivity index (χ2n) is 5.94. The van der Waals surface area contributed by atoms with Gasteiger partial charge in [0.05, 0.1) is 13.4 Å². The molecule has 0 fully saturated rings. The van der Waals surface area contributed by atoms with Gasteiger partial charge in [-0.3, -0.25) is 9.59 Å². The summed E-state index contributed by atoms with van der Waals surface area (Å²) in [7, 11) is 1.28. The quantitative estimate of drug-likeness (QED) is 0.533. The summed E-state index contributed by atoms with van der Waals surface area (Å²) in [6.45, 7) is 0.103. The van der Waals surface area contributed by atoms with E-state index in [0.717, 1.165) is 5.56 Å². The summed E-state index contributed by atoms with van der Waals surface area (Å²) < 4.78 is 15.1. The molecule has 2 aromatic heterocycles. The van der Waals surface area contributed by atoms with E-state index in [1.165, 1.54) is 18.3 Å². The maximum Gasteiger partial charge on any atom is 0.325 e. The maximum absolute atomic E-state index is 12.7. The van der Waals surface area contributed by atoms with Crippen molar-refractivity contribution in [2.75, 3.05) is 13.7 Å². The number of nitrogens with zero attached hydrogens (tertiary/aromatic N) is 3. The minimum absolute atomic E-state index is 0.102. The molecule has 8 nitrogen and oxygen atoms in total. The molecule has 0 spiro atoms. The summed E-state index contributed by atoms with van der Waals surface area (Å²) in [5.74, 6) is 0.374. The number of rotatable bonds is 8. The van der Waals surface area contributed by atoms with Gasteiger partial charge in [0.25, 0.3) is 0 Å². The van der Waals surface area contributed by atoms with Crippen LogP contribution in [0.15, 0.2) is 51.6 Å². The summed E-state index contributed by atoms with van der Waals surface area (Å²) in [5.41, 5.74) is 0.847. The van der Waals surface area contributed by atoms with E-state index in [9.17, 15) is 9.59 Å². The largest absolute Gasteiger partial charge is 0.468 e. The fraction of sp³-hybridized carbons (Fsp3) is 0.263. The lowest BCUT2D eigenvalue weighted by Gasteiger charge is -2.21. The minimum atomic E-state index is -0.500. The highest BCUT2D eigenvalue weighted by Gasteiger charge is 2.20. The molecule has 0 aliphatic rings. The summed E-state index contributed by atoms with van der Waals surface area (Å²) in [4.78, 5) is 30.0. The van der Waals surface area contributed by atoms with Crippen LogP contribution < -0.4 is 0 Å². The van der Waals surface area contributed by atoms with Gasteiger partial charge in [0, 0.05) is 24.4 Å². The average molecular weight is 404 g/mol. The Kier molecular flexibility index (Phi) is 6.44. The zero-order valence-corrected chi connectivity index (χ0v) is 15.9. The molecule has 1 amide bonds. The van der Waals surface area contributed by atoms with Crippen LogP contribution in [0.2, 0.25) is 5.02 Å². The highest BCUT2D eigenvalue weighted by Crippen LogP contribution is 2.17. The van der Waals surface area contributed by atoms with E-state index in [4.69, 9.17) is 20.5 Å². The Hall–Kier alpha value is -3.13. The van der Waals surface area contributed by atoms with Gasteiger partial charge in [-0.15, -0.1) is 0 Å². The van der Waals surface area contributed by atoms with Crippen LogP contribution in [0.4, 0.5) is 0 Å². The number of hydrogen-bond acceptors (Lipinski definition) is 7. The lowest BCUT2D eigenvalue weighted by Crippen LogP contribution is -2.35.